The molecule has 2 aliphatic rings. The first kappa shape index (κ1) is 18.6. The number of hydrogen-bond donors (Lipinski definition) is 0. The molecule has 1 atom stereocenters. The number of aryl methyl sites for hydroxylation is 1. The highest BCUT2D eigenvalue weighted by Gasteiger charge is 2.27. The Balaban J connectivity index is 1.55. The second-order valence-electron chi connectivity index (χ2n) is 8.03. The molecule has 4 heteroatoms. The van der Waals surface area contributed by atoms with Gasteiger partial charge in [0.15, 0.2) is 5.78 Å². The van der Waals surface area contributed by atoms with Crippen molar-refractivity contribution in [1.82, 2.24) is 4.98 Å². The number of ketones is 1. The van der Waals surface area contributed by atoms with Crippen LogP contribution in [0.3, 0.4) is 0 Å². The van der Waals surface area contributed by atoms with Gasteiger partial charge in [0.1, 0.15) is 5.82 Å². The first-order valence-corrected chi connectivity index (χ1v) is 10.1. The largest absolute Gasteiger partial charge is 0.294 e. The molecule has 3 aromatic rings. The number of allylic oxidation sites excluding steroid dienone is 1. The van der Waals surface area contributed by atoms with Crippen LogP contribution in [0.4, 0.5) is 4.39 Å². The van der Waals surface area contributed by atoms with Crippen molar-refractivity contribution >= 4 is 17.6 Å². The van der Waals surface area contributed by atoms with Gasteiger partial charge in [-0.2, -0.15) is 0 Å². The number of rotatable bonds is 3. The number of Topliss-reactive ketones (excluding diaryl/α,β-unsaturated/α-hetero) is 1. The van der Waals surface area contributed by atoms with Crippen molar-refractivity contribution in [3.63, 3.8) is 0 Å². The van der Waals surface area contributed by atoms with E-state index in [9.17, 15) is 9.18 Å². The van der Waals surface area contributed by atoms with Crippen molar-refractivity contribution in [3.05, 3.63) is 105 Å². The Hall–Kier alpha value is -3.40. The smallest absolute Gasteiger partial charge is 0.163 e. The van der Waals surface area contributed by atoms with Crippen LogP contribution in [0.15, 0.2) is 65.3 Å². The molecule has 0 unspecified atom stereocenters. The van der Waals surface area contributed by atoms with Crippen LogP contribution in [-0.2, 0) is 17.8 Å². The summed E-state index contributed by atoms with van der Waals surface area (Å²) in [5.41, 5.74) is 9.12. The van der Waals surface area contributed by atoms with Crippen molar-refractivity contribution in [1.29, 1.82) is 0 Å². The summed E-state index contributed by atoms with van der Waals surface area (Å²) in [6.45, 7) is 4.61. The molecule has 1 aliphatic heterocycles. The second-order valence-corrected chi connectivity index (χ2v) is 8.03. The standard InChI is InChI=1S/C26H21FN2O/c1-15-9-18(7-8-28-15)26-24-12-20-11-23(16(2)17-3-5-22(27)6-4-17)25(30)13-19(20)10-21(24)14-29-26/h3-12,16H,13-14H2,1-2H3/t16-/m0/s1. The van der Waals surface area contributed by atoms with Gasteiger partial charge in [-0.15, -0.1) is 0 Å². The van der Waals surface area contributed by atoms with Gasteiger partial charge in [-0.3, -0.25) is 14.8 Å². The minimum absolute atomic E-state index is 0.0875. The van der Waals surface area contributed by atoms with E-state index in [1.807, 2.05) is 32.2 Å². The number of fused-ring (bicyclic) bond motifs is 2. The third-order valence-electron chi connectivity index (χ3n) is 6.02. The molecule has 1 aliphatic carbocycles. The van der Waals surface area contributed by atoms with E-state index in [2.05, 4.69) is 23.2 Å². The lowest BCUT2D eigenvalue weighted by atomic mass is 9.81. The van der Waals surface area contributed by atoms with E-state index in [1.54, 1.807) is 12.1 Å². The van der Waals surface area contributed by atoms with Gasteiger partial charge >= 0.3 is 0 Å². The minimum atomic E-state index is -0.269. The van der Waals surface area contributed by atoms with Crippen LogP contribution in [-0.4, -0.2) is 16.5 Å². The number of nitrogens with zero attached hydrogens (tertiary/aromatic N) is 2. The molecular weight excluding hydrogens is 375 g/mol. The van der Waals surface area contributed by atoms with E-state index in [1.165, 1.54) is 12.1 Å². The summed E-state index contributed by atoms with van der Waals surface area (Å²) in [6.07, 6.45) is 4.21. The maximum Gasteiger partial charge on any atom is 0.163 e. The molecule has 0 bridgehead atoms. The zero-order valence-corrected chi connectivity index (χ0v) is 16.9. The highest BCUT2D eigenvalue weighted by Crippen LogP contribution is 2.35. The average molecular weight is 396 g/mol. The summed E-state index contributed by atoms with van der Waals surface area (Å²) in [6, 6.07) is 14.7. The summed E-state index contributed by atoms with van der Waals surface area (Å²) >= 11 is 0. The lowest BCUT2D eigenvalue weighted by Crippen LogP contribution is -2.17. The summed E-state index contributed by atoms with van der Waals surface area (Å²) in [5, 5.41) is 0. The van der Waals surface area contributed by atoms with Crippen LogP contribution in [0.2, 0.25) is 0 Å². The highest BCUT2D eigenvalue weighted by atomic mass is 19.1. The number of carbonyl (C=O) groups excluding carboxylic acids is 1. The van der Waals surface area contributed by atoms with Crippen molar-refractivity contribution in [3.8, 4) is 0 Å². The number of hydrogen-bond acceptors (Lipinski definition) is 3. The Labute approximate surface area is 175 Å². The van der Waals surface area contributed by atoms with Gasteiger partial charge in [0.25, 0.3) is 0 Å². The summed E-state index contributed by atoms with van der Waals surface area (Å²) in [7, 11) is 0. The highest BCUT2D eigenvalue weighted by molar-refractivity contribution is 6.16. The van der Waals surface area contributed by atoms with Crippen LogP contribution in [0.1, 0.15) is 51.9 Å². The number of pyridine rings is 1. The SMILES string of the molecule is Cc1cc(C2=NCc3cc4c(cc32)C=C([C@@H](C)c2ccc(F)cc2)C(=O)C4)ccn1. The van der Waals surface area contributed by atoms with Gasteiger partial charge < -0.3 is 0 Å². The number of halogens is 1. The maximum atomic E-state index is 13.3. The predicted octanol–water partition coefficient (Wildman–Crippen LogP) is 5.19. The summed E-state index contributed by atoms with van der Waals surface area (Å²) < 4.78 is 13.3. The van der Waals surface area contributed by atoms with Gasteiger partial charge in [0.05, 0.1) is 12.3 Å². The van der Waals surface area contributed by atoms with Crippen LogP contribution >= 0.6 is 0 Å². The van der Waals surface area contributed by atoms with Crippen LogP contribution < -0.4 is 0 Å². The molecule has 0 amide bonds. The van der Waals surface area contributed by atoms with E-state index in [0.29, 0.717) is 13.0 Å². The van der Waals surface area contributed by atoms with Gasteiger partial charge in [-0.1, -0.05) is 25.1 Å². The van der Waals surface area contributed by atoms with Crippen molar-refractivity contribution in [2.45, 2.75) is 32.7 Å². The molecule has 0 radical (unpaired) electrons. The Kier molecular flexibility index (Phi) is 4.43. The van der Waals surface area contributed by atoms with Crippen LogP contribution in [0.5, 0.6) is 0 Å². The lowest BCUT2D eigenvalue weighted by Gasteiger charge is -2.22. The third kappa shape index (κ3) is 3.18. The molecule has 1 aromatic heterocycles. The summed E-state index contributed by atoms with van der Waals surface area (Å²) in [4.78, 5) is 21.9. The van der Waals surface area contributed by atoms with E-state index in [-0.39, 0.29) is 17.5 Å². The average Bonchev–Trinajstić information content (AvgIpc) is 3.14. The molecule has 2 heterocycles. The van der Waals surface area contributed by atoms with Gasteiger partial charge in [-0.25, -0.2) is 4.39 Å². The fourth-order valence-electron chi connectivity index (χ4n) is 4.36. The molecule has 0 N–H and O–H groups in total. The quantitative estimate of drug-likeness (QED) is 0.611. The van der Waals surface area contributed by atoms with E-state index in [4.69, 9.17) is 4.99 Å². The number of aromatic nitrogens is 1. The topological polar surface area (TPSA) is 42.3 Å². The normalized spacial score (nSPS) is 15.9. The Morgan fingerprint density at radius 1 is 1.03 bits per heavy atom. The number of aliphatic imine (C=N–C) groups is 1. The zero-order valence-electron chi connectivity index (χ0n) is 16.9. The van der Waals surface area contributed by atoms with Crippen molar-refractivity contribution < 1.29 is 9.18 Å². The van der Waals surface area contributed by atoms with E-state index >= 15 is 0 Å². The zero-order chi connectivity index (χ0) is 20.8. The molecule has 2 aromatic carbocycles. The fourth-order valence-corrected chi connectivity index (χ4v) is 4.36. The second kappa shape index (κ2) is 7.13. The molecule has 0 saturated carbocycles. The molecule has 148 valence electrons. The fraction of sp³-hybridized carbons (Fsp3) is 0.192. The minimum Gasteiger partial charge on any atom is -0.294 e. The molecule has 0 fully saturated rings. The molecule has 0 saturated heterocycles. The molecule has 5 rings (SSSR count). The van der Waals surface area contributed by atoms with Crippen LogP contribution in [0.25, 0.3) is 6.08 Å². The van der Waals surface area contributed by atoms with Crippen molar-refractivity contribution in [2.24, 2.45) is 4.99 Å². The Morgan fingerprint density at radius 2 is 1.83 bits per heavy atom. The first-order valence-electron chi connectivity index (χ1n) is 10.1. The molecule has 0 spiro atoms. The number of benzene rings is 2. The monoisotopic (exact) mass is 396 g/mol. The van der Waals surface area contributed by atoms with Gasteiger partial charge in [-0.05, 0) is 65.6 Å². The lowest BCUT2D eigenvalue weighted by molar-refractivity contribution is -0.115. The molecular formula is C26H21FN2O. The van der Waals surface area contributed by atoms with Crippen molar-refractivity contribution in [2.75, 3.05) is 0 Å². The summed E-state index contributed by atoms with van der Waals surface area (Å²) in [5.74, 6) is -0.229. The maximum absolute atomic E-state index is 13.3. The molecule has 3 nitrogen and oxygen atoms in total. The van der Waals surface area contributed by atoms with Gasteiger partial charge in [0.2, 0.25) is 0 Å². The molecule has 30 heavy (non-hydrogen) atoms. The Bertz CT molecular complexity index is 1240. The van der Waals surface area contributed by atoms with E-state index in [0.717, 1.165) is 50.4 Å². The van der Waals surface area contributed by atoms with E-state index < -0.39 is 0 Å². The third-order valence-corrected chi connectivity index (χ3v) is 6.02. The first-order chi connectivity index (χ1) is 14.5. The predicted molar refractivity (Wildman–Crippen MR) is 116 cm³/mol. The van der Waals surface area contributed by atoms with Crippen LogP contribution in [0, 0.1) is 12.7 Å². The van der Waals surface area contributed by atoms with Gasteiger partial charge in [0, 0.05) is 40.9 Å². The Morgan fingerprint density at radius 3 is 2.60 bits per heavy atom. The number of carbonyl (C=O) groups is 1.